The Morgan fingerprint density at radius 1 is 0.857 bits per heavy atom. The first-order valence-corrected chi connectivity index (χ1v) is 15.5. The van der Waals surface area contributed by atoms with Gasteiger partial charge in [0.05, 0.1) is 16.0 Å². The lowest BCUT2D eigenvalue weighted by molar-refractivity contribution is -0.137. The van der Waals surface area contributed by atoms with Gasteiger partial charge in [-0.15, -0.1) is 0 Å². The summed E-state index contributed by atoms with van der Waals surface area (Å²) in [6.45, 7) is 5.84. The number of aromatic nitrogens is 3. The van der Waals surface area contributed by atoms with Gasteiger partial charge in [-0.05, 0) is 61.4 Å². The molecule has 5 rings (SSSR count). The van der Waals surface area contributed by atoms with Gasteiger partial charge < -0.3 is 10.2 Å². The van der Waals surface area contributed by atoms with Crippen LogP contribution in [0.15, 0.2) is 65.7 Å². The van der Waals surface area contributed by atoms with Crippen LogP contribution in [0.1, 0.15) is 43.6 Å². The highest BCUT2D eigenvalue weighted by atomic mass is 32.2. The van der Waals surface area contributed by atoms with Crippen LogP contribution in [0.2, 0.25) is 0 Å². The van der Waals surface area contributed by atoms with Crippen LogP contribution in [-0.4, -0.2) is 53.9 Å². The van der Waals surface area contributed by atoms with Gasteiger partial charge in [0.25, 0.3) is 0 Å². The fourth-order valence-electron chi connectivity index (χ4n) is 5.03. The summed E-state index contributed by atoms with van der Waals surface area (Å²) in [6.07, 6.45) is 0.705. The maximum atomic E-state index is 13.4. The van der Waals surface area contributed by atoms with Gasteiger partial charge in [0, 0.05) is 60.5 Å². The van der Waals surface area contributed by atoms with Crippen LogP contribution in [0.4, 0.5) is 30.5 Å². The van der Waals surface area contributed by atoms with Crippen molar-refractivity contribution >= 4 is 38.2 Å². The number of hydrogen-bond donors (Lipinski definition) is 1. The predicted octanol–water partition coefficient (Wildman–Crippen LogP) is 6.20. The molecule has 0 aliphatic carbocycles. The number of sulfonamides is 1. The second kappa shape index (κ2) is 12.2. The molecule has 0 radical (unpaired) electrons. The number of benzene rings is 2. The second-order valence-corrected chi connectivity index (χ2v) is 12.2. The van der Waals surface area contributed by atoms with Crippen LogP contribution in [0.5, 0.6) is 0 Å². The normalized spacial score (nSPS) is 14.8. The van der Waals surface area contributed by atoms with Crippen molar-refractivity contribution in [3.63, 3.8) is 0 Å². The fourth-order valence-corrected chi connectivity index (χ4v) is 6.45. The van der Waals surface area contributed by atoms with Gasteiger partial charge in [-0.25, -0.2) is 18.4 Å². The molecular weight excluding hydrogens is 565 g/mol. The molecule has 3 heterocycles. The lowest BCUT2D eigenvalue weighted by Crippen LogP contribution is -2.49. The number of nitrogens with one attached hydrogen (secondary N) is 1. The van der Waals surface area contributed by atoms with Crippen LogP contribution in [0.3, 0.4) is 0 Å². The summed E-state index contributed by atoms with van der Waals surface area (Å²) >= 11 is 0. The molecule has 12 heteroatoms. The molecule has 1 aliphatic heterocycles. The van der Waals surface area contributed by atoms with E-state index in [9.17, 15) is 21.6 Å². The van der Waals surface area contributed by atoms with Gasteiger partial charge in [0.15, 0.2) is 0 Å². The molecule has 8 nitrogen and oxygen atoms in total. The smallest absolute Gasteiger partial charge is 0.355 e. The number of pyridine rings is 1. The zero-order valence-electron chi connectivity index (χ0n) is 23.5. The third-order valence-corrected chi connectivity index (χ3v) is 9.11. The Kier molecular flexibility index (Phi) is 8.65. The number of piperazine rings is 1. The average molecular weight is 599 g/mol. The molecule has 0 amide bonds. The minimum absolute atomic E-state index is 0.169. The molecule has 0 spiro atoms. The van der Waals surface area contributed by atoms with Crippen molar-refractivity contribution in [2.75, 3.05) is 36.4 Å². The fraction of sp³-hybridized carbons (Fsp3) is 0.367. The molecule has 0 atom stereocenters. The highest BCUT2D eigenvalue weighted by Gasteiger charge is 2.31. The number of rotatable bonds is 9. The number of halogens is 3. The summed E-state index contributed by atoms with van der Waals surface area (Å²) < 4.78 is 67.6. The number of fused-ring (bicyclic) bond motifs is 1. The largest absolute Gasteiger partial charge is 0.416 e. The third-order valence-electron chi connectivity index (χ3n) is 7.20. The van der Waals surface area contributed by atoms with Crippen molar-refractivity contribution < 1.29 is 21.6 Å². The summed E-state index contributed by atoms with van der Waals surface area (Å²) in [6, 6.07) is 13.5. The first-order chi connectivity index (χ1) is 20.1. The maximum Gasteiger partial charge on any atom is 0.416 e. The number of anilines is 3. The summed E-state index contributed by atoms with van der Waals surface area (Å²) in [7, 11) is -3.72. The van der Waals surface area contributed by atoms with Gasteiger partial charge in [-0.2, -0.15) is 17.5 Å². The second-order valence-electron chi connectivity index (χ2n) is 10.3. The molecule has 0 unspecified atom stereocenters. The van der Waals surface area contributed by atoms with Crippen molar-refractivity contribution in [2.45, 2.75) is 50.6 Å². The average Bonchev–Trinajstić information content (AvgIpc) is 2.97. The molecule has 222 valence electrons. The molecule has 4 aromatic rings. The Balaban J connectivity index is 1.27. The Labute approximate surface area is 243 Å². The van der Waals surface area contributed by atoms with Crippen LogP contribution < -0.4 is 10.2 Å². The van der Waals surface area contributed by atoms with Gasteiger partial charge in [0.2, 0.25) is 16.0 Å². The number of nitrogens with zero attached hydrogens (tertiary/aromatic N) is 5. The number of aryl methyl sites for hydroxylation is 2. The molecule has 0 saturated carbocycles. The molecule has 2 aromatic heterocycles. The summed E-state index contributed by atoms with van der Waals surface area (Å²) in [5, 5.41) is 3.68. The van der Waals surface area contributed by atoms with Crippen molar-refractivity contribution in [1.82, 2.24) is 19.3 Å². The Bertz CT molecular complexity index is 1630. The van der Waals surface area contributed by atoms with Gasteiger partial charge >= 0.3 is 6.18 Å². The minimum Gasteiger partial charge on any atom is -0.355 e. The third kappa shape index (κ3) is 6.49. The lowest BCUT2D eigenvalue weighted by atomic mass is 10.1. The molecule has 42 heavy (non-hydrogen) atoms. The minimum atomic E-state index is -4.46. The number of hydrogen-bond acceptors (Lipinski definition) is 7. The van der Waals surface area contributed by atoms with Crippen molar-refractivity contribution in [3.05, 3.63) is 77.7 Å². The first-order valence-electron chi connectivity index (χ1n) is 14.0. The Morgan fingerprint density at radius 3 is 2.10 bits per heavy atom. The zero-order chi connectivity index (χ0) is 29.9. The van der Waals surface area contributed by atoms with E-state index in [-0.39, 0.29) is 10.4 Å². The number of alkyl halides is 3. The van der Waals surface area contributed by atoms with E-state index in [2.05, 4.69) is 30.2 Å². The lowest BCUT2D eigenvalue weighted by Gasteiger charge is -2.34. The molecule has 1 N–H and O–H groups in total. The zero-order valence-corrected chi connectivity index (χ0v) is 24.3. The van der Waals surface area contributed by atoms with E-state index in [1.165, 1.54) is 28.7 Å². The van der Waals surface area contributed by atoms with Crippen LogP contribution in [-0.2, 0) is 29.0 Å². The first kappa shape index (κ1) is 29.7. The van der Waals surface area contributed by atoms with E-state index < -0.39 is 21.8 Å². The van der Waals surface area contributed by atoms with Crippen molar-refractivity contribution in [3.8, 4) is 0 Å². The standard InChI is InChI=1S/C30H33F3N6O2S/c1-3-5-23-20-24(6-4-2)37-29(36-23)38-15-17-39(18-16-38)42(40,41)25-10-8-22(9-11-25)35-27-13-14-34-28-19-21(30(31,32)33)7-12-26(27)28/h7-14,19-20H,3-6,15-18H2,1-2H3,(H,34,35). The molecule has 1 aliphatic rings. The SMILES string of the molecule is CCCc1cc(CCC)nc(N2CCN(S(=O)(=O)c3ccc(Nc4ccnc5cc(C(F)(F)F)ccc45)cc3)CC2)n1. The van der Waals surface area contributed by atoms with E-state index in [1.807, 2.05) is 4.90 Å². The van der Waals surface area contributed by atoms with E-state index in [1.54, 1.807) is 18.2 Å². The van der Waals surface area contributed by atoms with Crippen molar-refractivity contribution in [1.29, 1.82) is 0 Å². The Hall–Kier alpha value is -3.77. The van der Waals surface area contributed by atoms with Crippen LogP contribution in [0.25, 0.3) is 10.9 Å². The quantitative estimate of drug-likeness (QED) is 0.245. The van der Waals surface area contributed by atoms with Crippen LogP contribution >= 0.6 is 0 Å². The molecule has 2 aromatic carbocycles. The topological polar surface area (TPSA) is 91.3 Å². The van der Waals surface area contributed by atoms with E-state index >= 15 is 0 Å². The predicted molar refractivity (Wildman–Crippen MR) is 157 cm³/mol. The highest BCUT2D eigenvalue weighted by Crippen LogP contribution is 2.33. The Morgan fingerprint density at radius 2 is 1.50 bits per heavy atom. The van der Waals surface area contributed by atoms with E-state index in [4.69, 9.17) is 9.97 Å². The molecular formula is C30H33F3N6O2S. The molecule has 0 bridgehead atoms. The van der Waals surface area contributed by atoms with E-state index in [0.29, 0.717) is 48.9 Å². The van der Waals surface area contributed by atoms with Crippen LogP contribution in [0, 0.1) is 0 Å². The summed E-state index contributed by atoms with van der Waals surface area (Å²) in [5.41, 5.74) is 2.62. The summed E-state index contributed by atoms with van der Waals surface area (Å²) in [5.74, 6) is 0.662. The molecule has 1 saturated heterocycles. The van der Waals surface area contributed by atoms with Gasteiger partial charge in [-0.3, -0.25) is 4.98 Å². The molecule has 1 fully saturated rings. The highest BCUT2D eigenvalue weighted by molar-refractivity contribution is 7.89. The monoisotopic (exact) mass is 598 g/mol. The van der Waals surface area contributed by atoms with Crippen molar-refractivity contribution in [2.24, 2.45) is 0 Å². The maximum absolute atomic E-state index is 13.4. The van der Waals surface area contributed by atoms with E-state index in [0.717, 1.165) is 49.2 Å². The summed E-state index contributed by atoms with van der Waals surface area (Å²) in [4.78, 5) is 15.8. The van der Waals surface area contributed by atoms with Gasteiger partial charge in [-0.1, -0.05) is 32.8 Å². The van der Waals surface area contributed by atoms with Gasteiger partial charge in [0.1, 0.15) is 0 Å².